The zero-order valence-electron chi connectivity index (χ0n) is 12.7. The third-order valence-corrected chi connectivity index (χ3v) is 3.95. The molecule has 0 radical (unpaired) electrons. The van der Waals surface area contributed by atoms with Crippen molar-refractivity contribution in [1.29, 1.82) is 0 Å². The number of benzene rings is 1. The highest BCUT2D eigenvalue weighted by molar-refractivity contribution is 5.77. The van der Waals surface area contributed by atoms with Crippen LogP contribution in [0.5, 0.6) is 0 Å². The zero-order chi connectivity index (χ0) is 15.5. The van der Waals surface area contributed by atoms with E-state index < -0.39 is 0 Å². The Morgan fingerprint density at radius 2 is 2.14 bits per heavy atom. The van der Waals surface area contributed by atoms with Gasteiger partial charge in [-0.2, -0.15) is 0 Å². The van der Waals surface area contributed by atoms with Crippen molar-refractivity contribution in [1.82, 2.24) is 14.9 Å². The van der Waals surface area contributed by atoms with Crippen LogP contribution in [0, 0.1) is 0 Å². The monoisotopic (exact) mass is 297 g/mol. The first kappa shape index (κ1) is 14.5. The minimum absolute atomic E-state index is 0.0113. The molecule has 1 atom stereocenters. The van der Waals surface area contributed by atoms with Gasteiger partial charge in [0.15, 0.2) is 0 Å². The van der Waals surface area contributed by atoms with E-state index in [-0.39, 0.29) is 11.6 Å². The Morgan fingerprint density at radius 3 is 2.86 bits per heavy atom. The van der Waals surface area contributed by atoms with Gasteiger partial charge in [0.05, 0.1) is 29.5 Å². The smallest absolute Gasteiger partial charge is 0.258 e. The molecule has 0 aliphatic rings. The molecule has 0 amide bonds. The number of furan rings is 1. The number of hydrogen-bond donors (Lipinski definition) is 1. The molecule has 2 heterocycles. The molecule has 0 saturated carbocycles. The van der Waals surface area contributed by atoms with Crippen LogP contribution in [-0.2, 0) is 6.54 Å². The lowest BCUT2D eigenvalue weighted by Crippen LogP contribution is -2.29. The predicted octanol–water partition coefficient (Wildman–Crippen LogP) is 3.10. The number of fused-ring (bicyclic) bond motifs is 1. The quantitative estimate of drug-likeness (QED) is 0.786. The molecule has 0 fully saturated rings. The van der Waals surface area contributed by atoms with Crippen LogP contribution in [0.3, 0.4) is 0 Å². The van der Waals surface area contributed by atoms with Gasteiger partial charge in [0, 0.05) is 12.1 Å². The Hall–Kier alpha value is -2.40. The Bertz CT molecular complexity index is 808. The van der Waals surface area contributed by atoms with E-state index in [9.17, 15) is 4.79 Å². The van der Waals surface area contributed by atoms with Crippen molar-refractivity contribution in [2.24, 2.45) is 0 Å². The maximum atomic E-state index is 12.2. The van der Waals surface area contributed by atoms with Crippen LogP contribution in [-0.4, -0.2) is 21.4 Å². The van der Waals surface area contributed by atoms with Gasteiger partial charge >= 0.3 is 0 Å². The molecule has 5 heteroatoms. The fourth-order valence-electron chi connectivity index (χ4n) is 2.62. The Kier molecular flexibility index (Phi) is 4.06. The number of H-pyrrole nitrogens is 1. The van der Waals surface area contributed by atoms with Gasteiger partial charge in [-0.25, -0.2) is 4.98 Å². The third-order valence-electron chi connectivity index (χ3n) is 3.95. The van der Waals surface area contributed by atoms with Gasteiger partial charge in [0.2, 0.25) is 0 Å². The Labute approximate surface area is 128 Å². The number of aromatic nitrogens is 2. The standard InChI is InChI=1S/C17H19N3O2/c1-3-20(10-13-8-9-22-11-13)12(2)16-18-15-7-5-4-6-14(15)17(21)19-16/h4-9,11-12H,3,10H2,1-2H3,(H,18,19,21). The van der Waals surface area contributed by atoms with Crippen LogP contribution in [0.1, 0.15) is 31.3 Å². The minimum atomic E-state index is -0.0909. The summed E-state index contributed by atoms with van der Waals surface area (Å²) in [7, 11) is 0. The van der Waals surface area contributed by atoms with Crippen molar-refractivity contribution >= 4 is 10.9 Å². The normalized spacial score (nSPS) is 12.9. The summed E-state index contributed by atoms with van der Waals surface area (Å²) < 4.78 is 5.12. The number of hydrogen-bond acceptors (Lipinski definition) is 4. The van der Waals surface area contributed by atoms with Gasteiger partial charge in [-0.1, -0.05) is 19.1 Å². The van der Waals surface area contributed by atoms with Crippen molar-refractivity contribution in [3.63, 3.8) is 0 Å². The van der Waals surface area contributed by atoms with E-state index >= 15 is 0 Å². The molecule has 114 valence electrons. The SMILES string of the molecule is CCN(Cc1ccoc1)C(C)c1nc2ccccc2c(=O)[nH]1. The lowest BCUT2D eigenvalue weighted by atomic mass is 10.2. The average Bonchev–Trinajstić information content (AvgIpc) is 3.05. The summed E-state index contributed by atoms with van der Waals surface area (Å²) in [5.74, 6) is 0.689. The van der Waals surface area contributed by atoms with Crippen LogP contribution in [0.15, 0.2) is 52.1 Å². The molecule has 3 aromatic rings. The van der Waals surface area contributed by atoms with Gasteiger partial charge in [-0.15, -0.1) is 0 Å². The maximum absolute atomic E-state index is 12.2. The van der Waals surface area contributed by atoms with Gasteiger partial charge in [-0.3, -0.25) is 9.69 Å². The first-order chi connectivity index (χ1) is 10.7. The van der Waals surface area contributed by atoms with Crippen LogP contribution >= 0.6 is 0 Å². The van der Waals surface area contributed by atoms with Crippen molar-refractivity contribution in [2.45, 2.75) is 26.4 Å². The van der Waals surface area contributed by atoms with Crippen molar-refractivity contribution in [3.05, 3.63) is 64.6 Å². The van der Waals surface area contributed by atoms with E-state index in [0.29, 0.717) is 11.2 Å². The molecular formula is C17H19N3O2. The fourth-order valence-corrected chi connectivity index (χ4v) is 2.62. The third kappa shape index (κ3) is 2.80. The molecular weight excluding hydrogens is 278 g/mol. The second-order valence-electron chi connectivity index (χ2n) is 5.34. The molecule has 2 aromatic heterocycles. The molecule has 0 aliphatic carbocycles. The predicted molar refractivity (Wildman–Crippen MR) is 85.6 cm³/mol. The highest BCUT2D eigenvalue weighted by Crippen LogP contribution is 2.20. The summed E-state index contributed by atoms with van der Waals surface area (Å²) in [5, 5.41) is 0.622. The Morgan fingerprint density at radius 1 is 1.32 bits per heavy atom. The molecule has 1 N–H and O–H groups in total. The lowest BCUT2D eigenvalue weighted by molar-refractivity contribution is 0.204. The summed E-state index contributed by atoms with van der Waals surface area (Å²) in [4.78, 5) is 22.0. The summed E-state index contributed by atoms with van der Waals surface area (Å²) in [6, 6.07) is 9.36. The molecule has 0 bridgehead atoms. The molecule has 1 unspecified atom stereocenters. The van der Waals surface area contributed by atoms with E-state index in [4.69, 9.17) is 4.42 Å². The highest BCUT2D eigenvalue weighted by Gasteiger charge is 2.18. The number of nitrogens with zero attached hydrogens (tertiary/aromatic N) is 2. The molecule has 0 saturated heterocycles. The summed E-state index contributed by atoms with van der Waals surface area (Å²) in [5.41, 5.74) is 1.75. The summed E-state index contributed by atoms with van der Waals surface area (Å²) in [6.45, 7) is 5.75. The average molecular weight is 297 g/mol. The summed E-state index contributed by atoms with van der Waals surface area (Å²) >= 11 is 0. The minimum Gasteiger partial charge on any atom is -0.472 e. The Balaban J connectivity index is 1.93. The fraction of sp³-hybridized carbons (Fsp3) is 0.294. The molecule has 5 nitrogen and oxygen atoms in total. The number of para-hydroxylation sites is 1. The molecule has 1 aromatic carbocycles. The summed E-state index contributed by atoms with van der Waals surface area (Å²) in [6.07, 6.45) is 3.41. The van der Waals surface area contributed by atoms with Crippen LogP contribution < -0.4 is 5.56 Å². The second-order valence-corrected chi connectivity index (χ2v) is 5.34. The van der Waals surface area contributed by atoms with E-state index in [0.717, 1.165) is 24.2 Å². The first-order valence-corrected chi connectivity index (χ1v) is 7.43. The number of rotatable bonds is 5. The van der Waals surface area contributed by atoms with Gasteiger partial charge in [0.1, 0.15) is 5.82 Å². The molecule has 0 spiro atoms. The van der Waals surface area contributed by atoms with Crippen molar-refractivity contribution in [3.8, 4) is 0 Å². The van der Waals surface area contributed by atoms with E-state index in [2.05, 4.69) is 28.7 Å². The van der Waals surface area contributed by atoms with E-state index in [1.807, 2.05) is 24.3 Å². The molecule has 22 heavy (non-hydrogen) atoms. The van der Waals surface area contributed by atoms with Crippen LogP contribution in [0.25, 0.3) is 10.9 Å². The van der Waals surface area contributed by atoms with Gasteiger partial charge in [-0.05, 0) is 31.7 Å². The molecule has 3 rings (SSSR count). The lowest BCUT2D eigenvalue weighted by Gasteiger charge is -2.26. The van der Waals surface area contributed by atoms with Gasteiger partial charge in [0.25, 0.3) is 5.56 Å². The maximum Gasteiger partial charge on any atom is 0.258 e. The topological polar surface area (TPSA) is 62.1 Å². The van der Waals surface area contributed by atoms with E-state index in [1.165, 1.54) is 0 Å². The molecule has 0 aliphatic heterocycles. The van der Waals surface area contributed by atoms with Gasteiger partial charge < -0.3 is 9.40 Å². The largest absolute Gasteiger partial charge is 0.472 e. The number of nitrogens with one attached hydrogen (secondary N) is 1. The van der Waals surface area contributed by atoms with Crippen LogP contribution in [0.4, 0.5) is 0 Å². The zero-order valence-corrected chi connectivity index (χ0v) is 12.7. The highest BCUT2D eigenvalue weighted by atomic mass is 16.3. The number of aromatic amines is 1. The van der Waals surface area contributed by atoms with Crippen molar-refractivity contribution < 1.29 is 4.42 Å². The first-order valence-electron chi connectivity index (χ1n) is 7.43. The van der Waals surface area contributed by atoms with Crippen molar-refractivity contribution in [2.75, 3.05) is 6.54 Å². The van der Waals surface area contributed by atoms with E-state index in [1.54, 1.807) is 18.6 Å². The second kappa shape index (κ2) is 6.15. The van der Waals surface area contributed by atoms with Crippen LogP contribution in [0.2, 0.25) is 0 Å².